The van der Waals surface area contributed by atoms with Crippen molar-refractivity contribution in [1.82, 2.24) is 9.55 Å². The Kier molecular flexibility index (Phi) is 3.99. The number of hydrogen-bond donors (Lipinski definition) is 0. The van der Waals surface area contributed by atoms with E-state index in [-0.39, 0.29) is 18.3 Å². The number of nitrogens with zero attached hydrogens (tertiary/aromatic N) is 2. The minimum atomic E-state index is -0.336. The Morgan fingerprint density at radius 2 is 2.16 bits per heavy atom. The van der Waals surface area contributed by atoms with Gasteiger partial charge >= 0.3 is 5.97 Å². The van der Waals surface area contributed by atoms with E-state index in [1.165, 1.54) is 6.92 Å². The second-order valence-electron chi connectivity index (χ2n) is 4.03. The molecule has 0 aliphatic heterocycles. The number of ketones is 1. The third-order valence-electron chi connectivity index (χ3n) is 2.67. The van der Waals surface area contributed by atoms with Crippen molar-refractivity contribution in [3.05, 3.63) is 28.5 Å². The SMILES string of the molecule is CCOC(=O)Cn1cc(C(C)=O)c2nc(Br)ccc21. The number of rotatable bonds is 4. The zero-order chi connectivity index (χ0) is 14.0. The minimum Gasteiger partial charge on any atom is -0.465 e. The summed E-state index contributed by atoms with van der Waals surface area (Å²) in [5, 5.41) is 0. The van der Waals surface area contributed by atoms with Crippen LogP contribution in [0.3, 0.4) is 0 Å². The van der Waals surface area contributed by atoms with Gasteiger partial charge < -0.3 is 9.30 Å². The number of carbonyl (C=O) groups excluding carboxylic acids is 2. The van der Waals surface area contributed by atoms with E-state index in [9.17, 15) is 9.59 Å². The number of esters is 1. The molecule has 0 saturated heterocycles. The highest BCUT2D eigenvalue weighted by Gasteiger charge is 2.15. The molecule has 100 valence electrons. The molecule has 0 unspecified atom stereocenters. The zero-order valence-corrected chi connectivity index (χ0v) is 12.2. The largest absolute Gasteiger partial charge is 0.465 e. The van der Waals surface area contributed by atoms with Crippen molar-refractivity contribution in [2.75, 3.05) is 6.61 Å². The highest BCUT2D eigenvalue weighted by Crippen LogP contribution is 2.22. The number of Topliss-reactive ketones (excluding diaryl/α,β-unsaturated/α-hetero) is 1. The molecule has 0 atom stereocenters. The first-order valence-electron chi connectivity index (χ1n) is 5.85. The molecular formula is C13H13BrN2O3. The number of pyridine rings is 1. The number of ether oxygens (including phenoxy) is 1. The summed E-state index contributed by atoms with van der Waals surface area (Å²) in [6.07, 6.45) is 1.64. The normalized spacial score (nSPS) is 10.7. The third kappa shape index (κ3) is 2.84. The molecule has 5 nitrogen and oxygen atoms in total. The molecule has 19 heavy (non-hydrogen) atoms. The van der Waals surface area contributed by atoms with E-state index in [4.69, 9.17) is 4.74 Å². The lowest BCUT2D eigenvalue weighted by Crippen LogP contribution is -2.12. The molecule has 2 rings (SSSR count). The first kappa shape index (κ1) is 13.7. The maximum Gasteiger partial charge on any atom is 0.325 e. The molecule has 2 aromatic heterocycles. The highest BCUT2D eigenvalue weighted by molar-refractivity contribution is 9.10. The van der Waals surface area contributed by atoms with E-state index >= 15 is 0 Å². The van der Waals surface area contributed by atoms with Crippen LogP contribution in [0.25, 0.3) is 11.0 Å². The van der Waals surface area contributed by atoms with Crippen LogP contribution in [-0.4, -0.2) is 27.9 Å². The Labute approximate surface area is 118 Å². The van der Waals surface area contributed by atoms with Crippen molar-refractivity contribution in [1.29, 1.82) is 0 Å². The van der Waals surface area contributed by atoms with Crippen LogP contribution in [0.1, 0.15) is 24.2 Å². The zero-order valence-electron chi connectivity index (χ0n) is 10.6. The molecule has 0 radical (unpaired) electrons. The average molecular weight is 325 g/mol. The molecule has 2 aromatic rings. The van der Waals surface area contributed by atoms with Gasteiger partial charge in [0.05, 0.1) is 17.7 Å². The summed E-state index contributed by atoms with van der Waals surface area (Å²) in [4.78, 5) is 27.4. The number of carbonyl (C=O) groups is 2. The molecule has 0 saturated carbocycles. The summed E-state index contributed by atoms with van der Waals surface area (Å²) in [5.74, 6) is -0.421. The quantitative estimate of drug-likeness (QED) is 0.492. The van der Waals surface area contributed by atoms with Gasteiger partial charge in [-0.25, -0.2) is 4.98 Å². The van der Waals surface area contributed by atoms with E-state index < -0.39 is 0 Å². The molecule has 0 bridgehead atoms. The molecular weight excluding hydrogens is 312 g/mol. The Hall–Kier alpha value is -1.69. The van der Waals surface area contributed by atoms with Gasteiger partial charge in [0.2, 0.25) is 0 Å². The van der Waals surface area contributed by atoms with Gasteiger partial charge in [0, 0.05) is 6.20 Å². The van der Waals surface area contributed by atoms with Crippen LogP contribution in [-0.2, 0) is 16.1 Å². The monoisotopic (exact) mass is 324 g/mol. The van der Waals surface area contributed by atoms with E-state index in [1.54, 1.807) is 23.8 Å². The number of hydrogen-bond acceptors (Lipinski definition) is 4. The molecule has 0 N–H and O–H groups in total. The van der Waals surface area contributed by atoms with Crippen molar-refractivity contribution in [3.63, 3.8) is 0 Å². The fourth-order valence-corrected chi connectivity index (χ4v) is 2.19. The Morgan fingerprint density at radius 1 is 1.42 bits per heavy atom. The molecule has 0 spiro atoms. The highest BCUT2D eigenvalue weighted by atomic mass is 79.9. The number of halogens is 1. The second kappa shape index (κ2) is 5.52. The molecule has 0 aromatic carbocycles. The molecule has 2 heterocycles. The Morgan fingerprint density at radius 3 is 2.79 bits per heavy atom. The van der Waals surface area contributed by atoms with Crippen LogP contribution in [0.15, 0.2) is 22.9 Å². The summed E-state index contributed by atoms with van der Waals surface area (Å²) in [6.45, 7) is 3.64. The van der Waals surface area contributed by atoms with Crippen LogP contribution >= 0.6 is 15.9 Å². The van der Waals surface area contributed by atoms with Gasteiger partial charge in [-0.05, 0) is 41.9 Å². The van der Waals surface area contributed by atoms with Gasteiger partial charge in [-0.3, -0.25) is 9.59 Å². The maximum atomic E-state index is 11.6. The number of aromatic nitrogens is 2. The molecule has 0 aliphatic rings. The predicted octanol–water partition coefficient (Wildman–Crippen LogP) is 2.56. The third-order valence-corrected chi connectivity index (χ3v) is 3.12. The number of fused-ring (bicyclic) bond motifs is 1. The summed E-state index contributed by atoms with van der Waals surface area (Å²) < 4.78 is 7.25. The first-order valence-corrected chi connectivity index (χ1v) is 6.64. The van der Waals surface area contributed by atoms with E-state index in [1.807, 2.05) is 6.07 Å². The van der Waals surface area contributed by atoms with Crippen LogP contribution in [0, 0.1) is 0 Å². The van der Waals surface area contributed by atoms with Crippen LogP contribution in [0.5, 0.6) is 0 Å². The lowest BCUT2D eigenvalue weighted by atomic mass is 10.2. The van der Waals surface area contributed by atoms with Gasteiger partial charge in [0.1, 0.15) is 16.7 Å². The molecule has 0 amide bonds. The summed E-state index contributed by atoms with van der Waals surface area (Å²) in [5.41, 5.74) is 1.83. The van der Waals surface area contributed by atoms with Gasteiger partial charge in [0.25, 0.3) is 0 Å². The van der Waals surface area contributed by atoms with Crippen LogP contribution < -0.4 is 0 Å². The molecule has 0 aliphatic carbocycles. The van der Waals surface area contributed by atoms with Crippen molar-refractivity contribution in [3.8, 4) is 0 Å². The Bertz CT molecular complexity index is 649. The molecule has 0 fully saturated rings. The van der Waals surface area contributed by atoms with Crippen molar-refractivity contribution in [2.24, 2.45) is 0 Å². The van der Waals surface area contributed by atoms with Crippen LogP contribution in [0.4, 0.5) is 0 Å². The van der Waals surface area contributed by atoms with Gasteiger partial charge in [-0.2, -0.15) is 0 Å². The van der Waals surface area contributed by atoms with Gasteiger partial charge in [0.15, 0.2) is 5.78 Å². The molecule has 6 heteroatoms. The lowest BCUT2D eigenvalue weighted by molar-refractivity contribution is -0.143. The first-order chi connectivity index (χ1) is 9.02. The van der Waals surface area contributed by atoms with Crippen molar-refractivity contribution < 1.29 is 14.3 Å². The van der Waals surface area contributed by atoms with Gasteiger partial charge in [-0.15, -0.1) is 0 Å². The van der Waals surface area contributed by atoms with Crippen molar-refractivity contribution >= 4 is 38.7 Å². The average Bonchev–Trinajstić information content (AvgIpc) is 2.67. The summed E-state index contributed by atoms with van der Waals surface area (Å²) in [6, 6.07) is 3.59. The van der Waals surface area contributed by atoms with Gasteiger partial charge in [-0.1, -0.05) is 0 Å². The maximum absolute atomic E-state index is 11.6. The smallest absolute Gasteiger partial charge is 0.325 e. The van der Waals surface area contributed by atoms with Crippen molar-refractivity contribution in [2.45, 2.75) is 20.4 Å². The van der Waals surface area contributed by atoms with E-state index in [2.05, 4.69) is 20.9 Å². The predicted molar refractivity (Wildman–Crippen MR) is 74.1 cm³/mol. The second-order valence-corrected chi connectivity index (χ2v) is 4.85. The minimum absolute atomic E-state index is 0.0704. The Balaban J connectivity index is 2.50. The fraction of sp³-hybridized carbons (Fsp3) is 0.308. The van der Waals surface area contributed by atoms with E-state index in [0.29, 0.717) is 22.3 Å². The summed E-state index contributed by atoms with van der Waals surface area (Å²) in [7, 11) is 0. The lowest BCUT2D eigenvalue weighted by Gasteiger charge is -2.04. The standard InChI is InChI=1S/C13H13BrN2O3/c1-3-19-12(18)7-16-6-9(8(2)17)13-10(16)4-5-11(14)15-13/h4-6H,3,7H2,1-2H3. The van der Waals surface area contributed by atoms with E-state index in [0.717, 1.165) is 5.52 Å². The summed E-state index contributed by atoms with van der Waals surface area (Å²) >= 11 is 3.28. The van der Waals surface area contributed by atoms with Crippen LogP contribution in [0.2, 0.25) is 0 Å². The fourth-order valence-electron chi connectivity index (χ4n) is 1.88. The topological polar surface area (TPSA) is 61.2 Å².